The van der Waals surface area contributed by atoms with Crippen molar-refractivity contribution in [1.29, 1.82) is 0 Å². The minimum Gasteiger partial charge on any atom is -0.353 e. The van der Waals surface area contributed by atoms with Crippen molar-refractivity contribution < 1.29 is 9.59 Å². The van der Waals surface area contributed by atoms with Crippen molar-refractivity contribution in [2.45, 2.75) is 6.92 Å². The molecule has 0 atom stereocenters. The van der Waals surface area contributed by atoms with E-state index in [9.17, 15) is 9.59 Å². The van der Waals surface area contributed by atoms with Gasteiger partial charge in [0.1, 0.15) is 0 Å². The van der Waals surface area contributed by atoms with Crippen molar-refractivity contribution in [2.24, 2.45) is 0 Å². The van der Waals surface area contributed by atoms with Crippen LogP contribution in [0.5, 0.6) is 0 Å². The van der Waals surface area contributed by atoms with Gasteiger partial charge in [-0.05, 0) is 34.6 Å². The number of hydrogen-bond acceptors (Lipinski definition) is 4. The third kappa shape index (κ3) is 6.69. The van der Waals surface area contributed by atoms with Crippen LogP contribution in [0.15, 0.2) is 15.9 Å². The molecule has 0 aliphatic rings. The van der Waals surface area contributed by atoms with Crippen molar-refractivity contribution in [3.05, 3.63) is 20.8 Å². The fraction of sp³-hybridized carbons (Fsp3) is 0.500. The average Bonchev–Trinajstić information content (AvgIpc) is 2.80. The lowest BCUT2D eigenvalue weighted by molar-refractivity contribution is -0.121. The standard InChI is InChI=1S/C12H18BrN3O2S.ClH/c1-3-14-6-7-15-11(17)8-16(2)12(18)9-4-5-10(13)19-9;/h4-5,14H,3,6-8H2,1-2H3,(H,15,17);1H. The number of nitrogens with zero attached hydrogens (tertiary/aromatic N) is 1. The summed E-state index contributed by atoms with van der Waals surface area (Å²) in [5.41, 5.74) is 0. The maximum Gasteiger partial charge on any atom is 0.264 e. The predicted octanol–water partition coefficient (Wildman–Crippen LogP) is 1.73. The van der Waals surface area contributed by atoms with E-state index in [1.807, 2.05) is 13.0 Å². The van der Waals surface area contributed by atoms with E-state index in [4.69, 9.17) is 0 Å². The molecule has 1 rings (SSSR count). The van der Waals surface area contributed by atoms with E-state index in [1.54, 1.807) is 13.1 Å². The second-order valence-corrected chi connectivity index (χ2v) is 6.43. The Labute approximate surface area is 137 Å². The van der Waals surface area contributed by atoms with E-state index in [0.717, 1.165) is 16.9 Å². The van der Waals surface area contributed by atoms with Crippen LogP contribution >= 0.6 is 39.7 Å². The van der Waals surface area contributed by atoms with Gasteiger partial charge in [0.05, 0.1) is 15.2 Å². The van der Waals surface area contributed by atoms with Gasteiger partial charge in [-0.25, -0.2) is 0 Å². The first-order chi connectivity index (χ1) is 9.04. The summed E-state index contributed by atoms with van der Waals surface area (Å²) in [4.78, 5) is 25.6. The number of halogens is 2. The molecule has 0 saturated carbocycles. The third-order valence-corrected chi connectivity index (χ3v) is 4.00. The van der Waals surface area contributed by atoms with E-state index in [0.29, 0.717) is 11.4 Å². The molecule has 2 N–H and O–H groups in total. The zero-order chi connectivity index (χ0) is 14.3. The lowest BCUT2D eigenvalue weighted by Gasteiger charge is -2.15. The summed E-state index contributed by atoms with van der Waals surface area (Å²) < 4.78 is 0.902. The Kier molecular flexibility index (Phi) is 9.83. The Hall–Kier alpha value is -0.630. The predicted molar refractivity (Wildman–Crippen MR) is 87.8 cm³/mol. The summed E-state index contributed by atoms with van der Waals surface area (Å²) in [5, 5.41) is 5.87. The van der Waals surface area contributed by atoms with Gasteiger partial charge in [-0.1, -0.05) is 6.92 Å². The van der Waals surface area contributed by atoms with Crippen molar-refractivity contribution in [3.63, 3.8) is 0 Å². The van der Waals surface area contributed by atoms with Crippen LogP contribution in [-0.4, -0.2) is 49.9 Å². The van der Waals surface area contributed by atoms with Crippen molar-refractivity contribution >= 4 is 51.5 Å². The quantitative estimate of drug-likeness (QED) is 0.704. The van der Waals surface area contributed by atoms with Crippen LogP contribution in [0.25, 0.3) is 0 Å². The lowest BCUT2D eigenvalue weighted by atomic mass is 10.4. The molecule has 114 valence electrons. The van der Waals surface area contributed by atoms with Gasteiger partial charge in [0.25, 0.3) is 5.91 Å². The second-order valence-electron chi connectivity index (χ2n) is 3.97. The molecule has 0 bridgehead atoms. The highest BCUT2D eigenvalue weighted by molar-refractivity contribution is 9.11. The molecular weight excluding hydrogens is 366 g/mol. The normalized spacial score (nSPS) is 9.75. The van der Waals surface area contributed by atoms with Crippen LogP contribution in [0, 0.1) is 0 Å². The zero-order valence-corrected chi connectivity index (χ0v) is 14.7. The van der Waals surface area contributed by atoms with E-state index in [-0.39, 0.29) is 30.8 Å². The van der Waals surface area contributed by atoms with Gasteiger partial charge in [-0.2, -0.15) is 0 Å². The first kappa shape index (κ1) is 19.4. The molecule has 0 aliphatic carbocycles. The summed E-state index contributed by atoms with van der Waals surface area (Å²) in [6, 6.07) is 3.57. The molecule has 20 heavy (non-hydrogen) atoms. The summed E-state index contributed by atoms with van der Waals surface area (Å²) in [5.74, 6) is -0.290. The van der Waals surface area contributed by atoms with E-state index >= 15 is 0 Å². The van der Waals surface area contributed by atoms with Crippen LogP contribution in [0.1, 0.15) is 16.6 Å². The Morgan fingerprint density at radius 1 is 1.35 bits per heavy atom. The number of carbonyl (C=O) groups is 2. The molecule has 0 unspecified atom stereocenters. The summed E-state index contributed by atoms with van der Waals surface area (Å²) >= 11 is 4.67. The molecule has 5 nitrogen and oxygen atoms in total. The first-order valence-corrected chi connectivity index (χ1v) is 7.63. The van der Waals surface area contributed by atoms with Gasteiger partial charge < -0.3 is 15.5 Å². The summed E-state index contributed by atoms with van der Waals surface area (Å²) in [6.07, 6.45) is 0. The van der Waals surface area contributed by atoms with Gasteiger partial charge in [0.15, 0.2) is 0 Å². The maximum atomic E-state index is 12.0. The van der Waals surface area contributed by atoms with E-state index in [1.165, 1.54) is 16.2 Å². The highest BCUT2D eigenvalue weighted by Crippen LogP contribution is 2.22. The molecule has 0 aromatic carbocycles. The second kappa shape index (κ2) is 10.1. The van der Waals surface area contributed by atoms with Gasteiger partial charge in [-0.3, -0.25) is 9.59 Å². The third-order valence-electron chi connectivity index (χ3n) is 2.39. The summed E-state index contributed by atoms with van der Waals surface area (Å²) in [6.45, 7) is 4.26. The van der Waals surface area contributed by atoms with Crippen LogP contribution in [0.3, 0.4) is 0 Å². The van der Waals surface area contributed by atoms with Gasteiger partial charge >= 0.3 is 0 Å². The number of nitrogens with one attached hydrogen (secondary N) is 2. The highest BCUT2D eigenvalue weighted by Gasteiger charge is 2.16. The van der Waals surface area contributed by atoms with Crippen LogP contribution < -0.4 is 10.6 Å². The number of carbonyl (C=O) groups excluding carboxylic acids is 2. The molecule has 0 spiro atoms. The fourth-order valence-corrected chi connectivity index (χ4v) is 2.81. The Morgan fingerprint density at radius 2 is 2.05 bits per heavy atom. The van der Waals surface area contributed by atoms with E-state index < -0.39 is 0 Å². The lowest BCUT2D eigenvalue weighted by Crippen LogP contribution is -2.40. The van der Waals surface area contributed by atoms with Crippen molar-refractivity contribution in [1.82, 2.24) is 15.5 Å². The number of hydrogen-bond donors (Lipinski definition) is 2. The molecular formula is C12H19BrClN3O2S. The molecule has 1 aromatic heterocycles. The Bertz CT molecular complexity index is 442. The van der Waals surface area contributed by atoms with Crippen LogP contribution in [-0.2, 0) is 4.79 Å². The maximum absolute atomic E-state index is 12.0. The van der Waals surface area contributed by atoms with Crippen molar-refractivity contribution in [2.75, 3.05) is 33.2 Å². The highest BCUT2D eigenvalue weighted by atomic mass is 79.9. The topological polar surface area (TPSA) is 61.4 Å². The number of thiophene rings is 1. The molecule has 1 heterocycles. The zero-order valence-electron chi connectivity index (χ0n) is 11.4. The van der Waals surface area contributed by atoms with Crippen LogP contribution in [0.2, 0.25) is 0 Å². The minimum atomic E-state index is -0.149. The smallest absolute Gasteiger partial charge is 0.264 e. The van der Waals surface area contributed by atoms with E-state index in [2.05, 4.69) is 26.6 Å². The average molecular weight is 385 g/mol. The van der Waals surface area contributed by atoms with Crippen molar-refractivity contribution in [3.8, 4) is 0 Å². The van der Waals surface area contributed by atoms with Crippen LogP contribution in [0.4, 0.5) is 0 Å². The first-order valence-electron chi connectivity index (χ1n) is 6.02. The molecule has 1 aromatic rings. The Morgan fingerprint density at radius 3 is 2.60 bits per heavy atom. The Balaban J connectivity index is 0.00000361. The van der Waals surface area contributed by atoms with Gasteiger partial charge in [0.2, 0.25) is 5.91 Å². The van der Waals surface area contributed by atoms with Gasteiger partial charge in [0, 0.05) is 20.1 Å². The number of amides is 2. The minimum absolute atomic E-state index is 0. The molecule has 2 amide bonds. The SMILES string of the molecule is CCNCCNC(=O)CN(C)C(=O)c1ccc(Br)s1.Cl. The number of likely N-dealkylation sites (N-methyl/N-ethyl adjacent to an activating group) is 2. The monoisotopic (exact) mass is 383 g/mol. The largest absolute Gasteiger partial charge is 0.353 e. The fourth-order valence-electron chi connectivity index (χ4n) is 1.43. The molecule has 0 fully saturated rings. The summed E-state index contributed by atoms with van der Waals surface area (Å²) in [7, 11) is 1.62. The molecule has 0 radical (unpaired) electrons. The number of rotatable bonds is 7. The molecule has 0 aliphatic heterocycles. The molecule has 0 saturated heterocycles. The van der Waals surface area contributed by atoms with Gasteiger partial charge in [-0.15, -0.1) is 23.7 Å². The molecule has 8 heteroatoms.